The summed E-state index contributed by atoms with van der Waals surface area (Å²) in [5.41, 5.74) is 4.03. The molecule has 1 amide bonds. The Balaban J connectivity index is 1.57. The zero-order valence-electron chi connectivity index (χ0n) is 11.8. The van der Waals surface area contributed by atoms with Crippen LogP contribution in [0.5, 0.6) is 0 Å². The van der Waals surface area contributed by atoms with Crippen molar-refractivity contribution < 1.29 is 4.79 Å². The number of fused-ring (bicyclic) bond motifs is 1. The fraction of sp³-hybridized carbons (Fsp3) is 0.353. The number of nitrogens with one attached hydrogen (secondary N) is 1. The molecule has 110 valence electrons. The van der Waals surface area contributed by atoms with Crippen LogP contribution < -0.4 is 5.32 Å². The van der Waals surface area contributed by atoms with Crippen LogP contribution in [0.15, 0.2) is 34.1 Å². The van der Waals surface area contributed by atoms with Gasteiger partial charge in [-0.3, -0.25) is 4.79 Å². The second-order valence-electron chi connectivity index (χ2n) is 5.47. The van der Waals surface area contributed by atoms with Gasteiger partial charge in [0, 0.05) is 4.88 Å². The summed E-state index contributed by atoms with van der Waals surface area (Å²) in [6.45, 7) is 0.611. The second-order valence-corrected chi connectivity index (χ2v) is 8.02. The van der Waals surface area contributed by atoms with Crippen LogP contribution in [0.3, 0.4) is 0 Å². The topological polar surface area (TPSA) is 29.1 Å². The van der Waals surface area contributed by atoms with Crippen molar-refractivity contribution in [3.8, 4) is 0 Å². The molecule has 1 aromatic heterocycles. The molecule has 1 aliphatic carbocycles. The predicted molar refractivity (Wildman–Crippen MR) is 90.7 cm³/mol. The van der Waals surface area contributed by atoms with Gasteiger partial charge in [-0.05, 0) is 70.4 Å². The molecule has 0 unspecified atom stereocenters. The van der Waals surface area contributed by atoms with Crippen molar-refractivity contribution in [1.29, 1.82) is 0 Å². The Kier molecular flexibility index (Phi) is 4.76. The highest BCUT2D eigenvalue weighted by molar-refractivity contribution is 9.11. The molecule has 2 aromatic rings. The van der Waals surface area contributed by atoms with E-state index in [4.69, 9.17) is 0 Å². The van der Waals surface area contributed by atoms with Crippen molar-refractivity contribution >= 4 is 33.2 Å². The predicted octanol–water partition coefficient (Wildman–Crippen LogP) is 4.25. The lowest BCUT2D eigenvalue weighted by Gasteiger charge is -2.16. The van der Waals surface area contributed by atoms with Gasteiger partial charge in [-0.1, -0.05) is 18.2 Å². The molecular weight excluding hydrogens is 346 g/mol. The molecule has 0 saturated heterocycles. The lowest BCUT2D eigenvalue weighted by atomic mass is 9.90. The Morgan fingerprint density at radius 3 is 2.71 bits per heavy atom. The molecule has 21 heavy (non-hydrogen) atoms. The van der Waals surface area contributed by atoms with Crippen LogP contribution in [0.4, 0.5) is 0 Å². The third-order valence-corrected chi connectivity index (χ3v) is 5.49. The maximum Gasteiger partial charge on any atom is 0.224 e. The minimum absolute atomic E-state index is 0.0929. The molecule has 1 aromatic carbocycles. The molecule has 0 atom stereocenters. The average Bonchev–Trinajstić information content (AvgIpc) is 2.91. The molecule has 3 rings (SSSR count). The first-order chi connectivity index (χ1) is 10.2. The highest BCUT2D eigenvalue weighted by Gasteiger charge is 2.11. The summed E-state index contributed by atoms with van der Waals surface area (Å²) in [5, 5.41) is 2.99. The van der Waals surface area contributed by atoms with Crippen LogP contribution in [0.1, 0.15) is 34.4 Å². The van der Waals surface area contributed by atoms with Gasteiger partial charge in [0.05, 0.1) is 16.8 Å². The fourth-order valence-electron chi connectivity index (χ4n) is 2.78. The summed E-state index contributed by atoms with van der Waals surface area (Å²) >= 11 is 5.09. The largest absolute Gasteiger partial charge is 0.351 e. The van der Waals surface area contributed by atoms with Gasteiger partial charge in [0.15, 0.2) is 0 Å². The fourth-order valence-corrected chi connectivity index (χ4v) is 4.20. The van der Waals surface area contributed by atoms with Crippen LogP contribution >= 0.6 is 27.3 Å². The van der Waals surface area contributed by atoms with E-state index in [0.717, 1.165) is 15.8 Å². The van der Waals surface area contributed by atoms with Gasteiger partial charge in [0.2, 0.25) is 5.91 Å². The number of carbonyl (C=O) groups is 1. The number of benzene rings is 1. The van der Waals surface area contributed by atoms with Gasteiger partial charge in [-0.2, -0.15) is 0 Å². The number of aryl methyl sites for hydroxylation is 2. The molecule has 1 heterocycles. The number of thiophene rings is 1. The number of amides is 1. The van der Waals surface area contributed by atoms with Gasteiger partial charge in [0.1, 0.15) is 0 Å². The van der Waals surface area contributed by atoms with E-state index in [1.54, 1.807) is 11.3 Å². The summed E-state index contributed by atoms with van der Waals surface area (Å²) in [5.74, 6) is 0.0929. The third-order valence-electron chi connectivity index (χ3n) is 3.87. The highest BCUT2D eigenvalue weighted by Crippen LogP contribution is 2.23. The molecule has 0 bridgehead atoms. The van der Waals surface area contributed by atoms with E-state index in [9.17, 15) is 4.79 Å². The number of rotatable bonds is 4. The minimum atomic E-state index is 0.0929. The Hall–Kier alpha value is -1.13. The quantitative estimate of drug-likeness (QED) is 0.864. The molecule has 1 aliphatic rings. The van der Waals surface area contributed by atoms with E-state index in [1.807, 2.05) is 12.1 Å². The van der Waals surface area contributed by atoms with E-state index < -0.39 is 0 Å². The van der Waals surface area contributed by atoms with Crippen molar-refractivity contribution in [2.24, 2.45) is 0 Å². The zero-order chi connectivity index (χ0) is 14.7. The van der Waals surface area contributed by atoms with Crippen LogP contribution in [-0.4, -0.2) is 5.91 Å². The first-order valence-electron chi connectivity index (χ1n) is 7.32. The van der Waals surface area contributed by atoms with Gasteiger partial charge in [-0.15, -0.1) is 11.3 Å². The lowest BCUT2D eigenvalue weighted by Crippen LogP contribution is -2.24. The first kappa shape index (κ1) is 14.8. The van der Waals surface area contributed by atoms with Crippen LogP contribution in [0.25, 0.3) is 0 Å². The van der Waals surface area contributed by atoms with Gasteiger partial charge in [-0.25, -0.2) is 0 Å². The van der Waals surface area contributed by atoms with Gasteiger partial charge >= 0.3 is 0 Å². The van der Waals surface area contributed by atoms with E-state index in [-0.39, 0.29) is 5.91 Å². The summed E-state index contributed by atoms with van der Waals surface area (Å²) in [4.78, 5) is 13.2. The van der Waals surface area contributed by atoms with E-state index in [1.165, 1.54) is 35.3 Å². The van der Waals surface area contributed by atoms with E-state index in [2.05, 4.69) is 39.4 Å². The van der Waals surface area contributed by atoms with Crippen molar-refractivity contribution in [3.63, 3.8) is 0 Å². The van der Waals surface area contributed by atoms with Crippen molar-refractivity contribution in [2.45, 2.75) is 38.6 Å². The molecule has 0 aliphatic heterocycles. The van der Waals surface area contributed by atoms with Crippen molar-refractivity contribution in [1.82, 2.24) is 5.32 Å². The van der Waals surface area contributed by atoms with Crippen molar-refractivity contribution in [2.75, 3.05) is 0 Å². The third kappa shape index (κ3) is 3.95. The number of hydrogen-bond donors (Lipinski definition) is 1. The van der Waals surface area contributed by atoms with Crippen LogP contribution in [0.2, 0.25) is 0 Å². The molecule has 4 heteroatoms. The highest BCUT2D eigenvalue weighted by atomic mass is 79.9. The monoisotopic (exact) mass is 363 g/mol. The summed E-state index contributed by atoms with van der Waals surface area (Å²) < 4.78 is 1.10. The Labute approximate surface area is 137 Å². The molecular formula is C17H18BrNOS. The molecule has 0 saturated carbocycles. The van der Waals surface area contributed by atoms with Gasteiger partial charge in [0.25, 0.3) is 0 Å². The number of carbonyl (C=O) groups excluding carboxylic acids is 1. The normalized spacial score (nSPS) is 13.8. The van der Waals surface area contributed by atoms with Crippen LogP contribution in [-0.2, 0) is 30.6 Å². The molecule has 2 nitrogen and oxygen atoms in total. The Morgan fingerprint density at radius 1 is 1.14 bits per heavy atom. The molecule has 0 radical (unpaired) electrons. The second kappa shape index (κ2) is 6.75. The molecule has 0 spiro atoms. The number of halogens is 1. The van der Waals surface area contributed by atoms with E-state index in [0.29, 0.717) is 13.0 Å². The minimum Gasteiger partial charge on any atom is -0.351 e. The van der Waals surface area contributed by atoms with Gasteiger partial charge < -0.3 is 5.32 Å². The summed E-state index contributed by atoms with van der Waals surface area (Å²) in [6, 6.07) is 10.6. The Morgan fingerprint density at radius 2 is 1.95 bits per heavy atom. The maximum atomic E-state index is 12.0. The first-order valence-corrected chi connectivity index (χ1v) is 8.93. The Bertz CT molecular complexity index is 650. The van der Waals surface area contributed by atoms with Crippen molar-refractivity contribution in [3.05, 3.63) is 55.7 Å². The maximum absolute atomic E-state index is 12.0. The summed E-state index contributed by atoms with van der Waals surface area (Å²) in [6.07, 6.45) is 5.39. The molecule has 1 N–H and O–H groups in total. The summed E-state index contributed by atoms with van der Waals surface area (Å²) in [7, 11) is 0. The standard InChI is InChI=1S/C17H18BrNOS/c18-16-8-7-15(21-16)11-19-17(20)10-12-5-6-13-3-1-2-4-14(13)9-12/h5-9H,1-4,10-11H2,(H,19,20). The smallest absolute Gasteiger partial charge is 0.224 e. The molecule has 0 fully saturated rings. The zero-order valence-corrected chi connectivity index (χ0v) is 14.2. The lowest BCUT2D eigenvalue weighted by molar-refractivity contribution is -0.120. The van der Waals surface area contributed by atoms with E-state index >= 15 is 0 Å². The SMILES string of the molecule is O=C(Cc1ccc2c(c1)CCCC2)NCc1ccc(Br)s1. The average molecular weight is 364 g/mol. The number of hydrogen-bond acceptors (Lipinski definition) is 2. The van der Waals surface area contributed by atoms with Crippen LogP contribution in [0, 0.1) is 0 Å².